The molecule has 1 saturated carbocycles. The van der Waals surface area contributed by atoms with Crippen LogP contribution in [0.3, 0.4) is 0 Å². The summed E-state index contributed by atoms with van der Waals surface area (Å²) in [5.74, 6) is -0.151. The summed E-state index contributed by atoms with van der Waals surface area (Å²) in [5.41, 5.74) is 1.03. The Labute approximate surface area is 132 Å². The third-order valence-electron chi connectivity index (χ3n) is 4.14. The van der Waals surface area contributed by atoms with E-state index in [4.69, 9.17) is 0 Å². The van der Waals surface area contributed by atoms with Gasteiger partial charge in [0.05, 0.1) is 0 Å². The molecule has 2 amide bonds. The highest BCUT2D eigenvalue weighted by atomic mass is 16.2. The van der Waals surface area contributed by atoms with E-state index in [9.17, 15) is 9.59 Å². The second kappa shape index (κ2) is 6.95. The van der Waals surface area contributed by atoms with Crippen molar-refractivity contribution in [2.45, 2.75) is 46.5 Å². The lowest BCUT2D eigenvalue weighted by Crippen LogP contribution is -2.43. The first-order valence-electron chi connectivity index (χ1n) is 8.21. The van der Waals surface area contributed by atoms with Crippen LogP contribution in [0.1, 0.15) is 45.1 Å². The SMILES string of the molecule is CCCN(CCC)C(=O)C1(C(=O)Nc2cccc(C)c2)CC1. The minimum Gasteiger partial charge on any atom is -0.342 e. The van der Waals surface area contributed by atoms with Crippen molar-refractivity contribution in [1.82, 2.24) is 4.90 Å². The fourth-order valence-corrected chi connectivity index (χ4v) is 2.79. The van der Waals surface area contributed by atoms with Gasteiger partial charge in [-0.15, -0.1) is 0 Å². The summed E-state index contributed by atoms with van der Waals surface area (Å²) < 4.78 is 0. The number of benzene rings is 1. The average Bonchev–Trinajstić information content (AvgIpc) is 3.28. The van der Waals surface area contributed by atoms with Gasteiger partial charge in [-0.2, -0.15) is 0 Å². The van der Waals surface area contributed by atoms with Gasteiger partial charge in [-0.25, -0.2) is 0 Å². The molecule has 1 N–H and O–H groups in total. The van der Waals surface area contributed by atoms with Gasteiger partial charge in [0.15, 0.2) is 0 Å². The minimum atomic E-state index is -0.825. The van der Waals surface area contributed by atoms with Crippen LogP contribution >= 0.6 is 0 Å². The van der Waals surface area contributed by atoms with Crippen molar-refractivity contribution < 1.29 is 9.59 Å². The Hall–Kier alpha value is -1.84. The molecule has 1 aromatic rings. The van der Waals surface area contributed by atoms with Crippen LogP contribution in [-0.4, -0.2) is 29.8 Å². The molecule has 0 spiro atoms. The van der Waals surface area contributed by atoms with Crippen LogP contribution in [0.15, 0.2) is 24.3 Å². The Bertz CT molecular complexity index is 544. The molecule has 4 nitrogen and oxygen atoms in total. The predicted octanol–water partition coefficient (Wildman–Crippen LogP) is 3.36. The maximum Gasteiger partial charge on any atom is 0.240 e. The van der Waals surface area contributed by atoms with Crippen molar-refractivity contribution in [3.63, 3.8) is 0 Å². The van der Waals surface area contributed by atoms with Gasteiger partial charge in [0, 0.05) is 18.8 Å². The van der Waals surface area contributed by atoms with E-state index in [1.54, 1.807) is 0 Å². The average molecular weight is 302 g/mol. The van der Waals surface area contributed by atoms with Gasteiger partial charge in [-0.3, -0.25) is 9.59 Å². The lowest BCUT2D eigenvalue weighted by Gasteiger charge is -2.26. The van der Waals surface area contributed by atoms with Crippen LogP contribution < -0.4 is 5.32 Å². The van der Waals surface area contributed by atoms with Crippen molar-refractivity contribution in [1.29, 1.82) is 0 Å². The van der Waals surface area contributed by atoms with Gasteiger partial charge in [-0.05, 0) is 50.3 Å². The number of amides is 2. The molecule has 0 bridgehead atoms. The number of nitrogens with one attached hydrogen (secondary N) is 1. The summed E-state index contributed by atoms with van der Waals surface area (Å²) >= 11 is 0. The Morgan fingerprint density at radius 3 is 2.32 bits per heavy atom. The van der Waals surface area contributed by atoms with Gasteiger partial charge in [-0.1, -0.05) is 26.0 Å². The van der Waals surface area contributed by atoms with E-state index < -0.39 is 5.41 Å². The first-order valence-corrected chi connectivity index (χ1v) is 8.21. The molecule has 0 aliphatic heterocycles. The number of anilines is 1. The number of carbonyl (C=O) groups is 2. The minimum absolute atomic E-state index is 0.00125. The highest BCUT2D eigenvalue weighted by Crippen LogP contribution is 2.48. The second-order valence-electron chi connectivity index (χ2n) is 6.20. The van der Waals surface area contributed by atoms with Crippen molar-refractivity contribution >= 4 is 17.5 Å². The lowest BCUT2D eigenvalue weighted by atomic mass is 10.0. The summed E-state index contributed by atoms with van der Waals surface area (Å²) in [4.78, 5) is 27.2. The lowest BCUT2D eigenvalue weighted by molar-refractivity contribution is -0.142. The maximum absolute atomic E-state index is 12.8. The molecule has 22 heavy (non-hydrogen) atoms. The number of hydrogen-bond donors (Lipinski definition) is 1. The highest BCUT2D eigenvalue weighted by Gasteiger charge is 2.57. The molecule has 2 rings (SSSR count). The third-order valence-corrected chi connectivity index (χ3v) is 4.14. The first kappa shape index (κ1) is 16.5. The molecule has 120 valence electrons. The third kappa shape index (κ3) is 3.49. The van der Waals surface area contributed by atoms with Crippen molar-refractivity contribution in [3.8, 4) is 0 Å². The van der Waals surface area contributed by atoms with Gasteiger partial charge < -0.3 is 10.2 Å². The van der Waals surface area contributed by atoms with Crippen molar-refractivity contribution in [2.24, 2.45) is 5.41 Å². The van der Waals surface area contributed by atoms with Crippen LogP contribution in [0.25, 0.3) is 0 Å². The topological polar surface area (TPSA) is 49.4 Å². The molecule has 0 radical (unpaired) electrons. The number of nitrogens with zero attached hydrogens (tertiary/aromatic N) is 1. The summed E-state index contributed by atoms with van der Waals surface area (Å²) in [6.45, 7) is 7.56. The van der Waals surface area contributed by atoms with Gasteiger partial charge in [0.2, 0.25) is 11.8 Å². The number of rotatable bonds is 7. The summed E-state index contributed by atoms with van der Waals surface area (Å²) in [6.07, 6.45) is 3.16. The van der Waals surface area contributed by atoms with Crippen LogP contribution in [0.2, 0.25) is 0 Å². The zero-order chi connectivity index (χ0) is 16.2. The Morgan fingerprint density at radius 2 is 1.82 bits per heavy atom. The summed E-state index contributed by atoms with van der Waals surface area (Å²) in [6, 6.07) is 7.68. The maximum atomic E-state index is 12.8. The van der Waals surface area contributed by atoms with Crippen molar-refractivity contribution in [3.05, 3.63) is 29.8 Å². The summed E-state index contributed by atoms with van der Waals surface area (Å²) in [5, 5.41) is 2.92. The molecule has 1 aromatic carbocycles. The Balaban J connectivity index is 2.09. The van der Waals surface area contributed by atoms with Crippen LogP contribution in [0.4, 0.5) is 5.69 Å². The molecule has 1 aliphatic carbocycles. The molecular weight excluding hydrogens is 276 g/mol. The van der Waals surface area contributed by atoms with E-state index in [2.05, 4.69) is 19.2 Å². The largest absolute Gasteiger partial charge is 0.342 e. The molecule has 0 unspecified atom stereocenters. The van der Waals surface area contributed by atoms with E-state index in [0.29, 0.717) is 12.8 Å². The summed E-state index contributed by atoms with van der Waals surface area (Å²) in [7, 11) is 0. The highest BCUT2D eigenvalue weighted by molar-refractivity contribution is 6.13. The monoisotopic (exact) mass is 302 g/mol. The van der Waals surface area contributed by atoms with Gasteiger partial charge >= 0.3 is 0 Å². The van der Waals surface area contributed by atoms with E-state index >= 15 is 0 Å². The number of carbonyl (C=O) groups excluding carboxylic acids is 2. The zero-order valence-electron chi connectivity index (χ0n) is 13.8. The smallest absolute Gasteiger partial charge is 0.240 e. The molecule has 4 heteroatoms. The fourth-order valence-electron chi connectivity index (χ4n) is 2.79. The molecule has 0 aromatic heterocycles. The van der Waals surface area contributed by atoms with Crippen LogP contribution in [0.5, 0.6) is 0 Å². The zero-order valence-corrected chi connectivity index (χ0v) is 13.8. The molecule has 0 atom stereocenters. The quantitative estimate of drug-likeness (QED) is 0.785. The van der Waals surface area contributed by atoms with E-state index in [0.717, 1.165) is 37.2 Å². The molecule has 1 fully saturated rings. The van der Waals surface area contributed by atoms with E-state index in [1.165, 1.54) is 0 Å². The van der Waals surface area contributed by atoms with Crippen LogP contribution in [0, 0.1) is 12.3 Å². The van der Waals surface area contributed by atoms with Crippen molar-refractivity contribution in [2.75, 3.05) is 18.4 Å². The van der Waals surface area contributed by atoms with Gasteiger partial charge in [0.1, 0.15) is 5.41 Å². The Kier molecular flexibility index (Phi) is 5.22. The molecule has 1 aliphatic rings. The Morgan fingerprint density at radius 1 is 1.18 bits per heavy atom. The normalized spacial score (nSPS) is 15.2. The fraction of sp³-hybridized carbons (Fsp3) is 0.556. The number of aryl methyl sites for hydroxylation is 1. The van der Waals surface area contributed by atoms with Crippen LogP contribution in [-0.2, 0) is 9.59 Å². The number of hydrogen-bond acceptors (Lipinski definition) is 2. The molecule has 0 heterocycles. The molecule has 0 saturated heterocycles. The van der Waals surface area contributed by atoms with Gasteiger partial charge in [0.25, 0.3) is 0 Å². The molecular formula is C18H26N2O2. The second-order valence-corrected chi connectivity index (χ2v) is 6.20. The standard InChI is InChI=1S/C18H26N2O2/c1-4-11-20(12-5-2)17(22)18(9-10-18)16(21)19-15-8-6-7-14(3)13-15/h6-8,13H,4-5,9-12H2,1-3H3,(H,19,21). The first-order chi connectivity index (χ1) is 10.5. The predicted molar refractivity (Wildman–Crippen MR) is 88.6 cm³/mol. The van der Waals surface area contributed by atoms with E-state index in [-0.39, 0.29) is 11.8 Å². The van der Waals surface area contributed by atoms with E-state index in [1.807, 2.05) is 36.1 Å².